The van der Waals surface area contributed by atoms with Crippen molar-refractivity contribution in [2.24, 2.45) is 0 Å². The maximum Gasteiger partial charge on any atom is 0.128 e. The van der Waals surface area contributed by atoms with Crippen molar-refractivity contribution in [3.8, 4) is 5.75 Å². The number of rotatable bonds is 5. The summed E-state index contributed by atoms with van der Waals surface area (Å²) >= 11 is 3.53. The van der Waals surface area contributed by atoms with Crippen molar-refractivity contribution in [3.63, 3.8) is 0 Å². The first-order valence-electron chi connectivity index (χ1n) is 5.67. The van der Waals surface area contributed by atoms with Gasteiger partial charge in [0.1, 0.15) is 10.8 Å². The van der Waals surface area contributed by atoms with Crippen LogP contribution in [0.4, 0.5) is 0 Å². The van der Waals surface area contributed by atoms with E-state index in [1.807, 2.05) is 36.5 Å². The predicted octanol–water partition coefficient (Wildman–Crippen LogP) is 3.60. The fourth-order valence-corrected chi connectivity index (χ4v) is 3.53. The number of hydrogen-bond acceptors (Lipinski definition) is 5. The molecule has 0 N–H and O–H groups in total. The lowest BCUT2D eigenvalue weighted by Crippen LogP contribution is -1.98. The molecule has 3 nitrogen and oxygen atoms in total. The van der Waals surface area contributed by atoms with Crippen LogP contribution in [0.5, 0.6) is 5.75 Å². The Morgan fingerprint density at radius 2 is 2.11 bits per heavy atom. The number of aromatic nitrogens is 2. The van der Waals surface area contributed by atoms with Gasteiger partial charge < -0.3 is 4.74 Å². The molecule has 2 rings (SSSR count). The fourth-order valence-electron chi connectivity index (χ4n) is 1.78. The van der Waals surface area contributed by atoms with Gasteiger partial charge >= 0.3 is 0 Å². The van der Waals surface area contributed by atoms with E-state index in [0.29, 0.717) is 0 Å². The van der Waals surface area contributed by atoms with Gasteiger partial charge in [0.2, 0.25) is 0 Å². The number of methoxy groups -OCH3 is 1. The molecule has 0 saturated carbocycles. The second kappa shape index (κ2) is 6.20. The Kier molecular flexibility index (Phi) is 4.60. The summed E-state index contributed by atoms with van der Waals surface area (Å²) in [4.78, 5) is 8.76. The van der Waals surface area contributed by atoms with Crippen LogP contribution in [0.3, 0.4) is 0 Å². The normalized spacial score (nSPS) is 10.6. The number of thioether (sulfide) groups is 1. The van der Waals surface area contributed by atoms with Gasteiger partial charge in [-0.15, -0.1) is 23.1 Å². The summed E-state index contributed by atoms with van der Waals surface area (Å²) in [5.74, 6) is 2.78. The first-order valence-corrected chi connectivity index (χ1v) is 7.71. The molecule has 0 fully saturated rings. The van der Waals surface area contributed by atoms with Crippen LogP contribution in [0.15, 0.2) is 17.8 Å². The lowest BCUT2D eigenvalue weighted by Gasteiger charge is -2.11. The van der Waals surface area contributed by atoms with Crippen molar-refractivity contribution in [1.29, 1.82) is 0 Å². The van der Waals surface area contributed by atoms with E-state index in [1.54, 1.807) is 18.4 Å². The molecule has 18 heavy (non-hydrogen) atoms. The van der Waals surface area contributed by atoms with E-state index in [-0.39, 0.29) is 0 Å². The van der Waals surface area contributed by atoms with Crippen molar-refractivity contribution in [1.82, 2.24) is 9.97 Å². The minimum Gasteiger partial charge on any atom is -0.496 e. The smallest absolute Gasteiger partial charge is 0.128 e. The van der Waals surface area contributed by atoms with Crippen molar-refractivity contribution < 1.29 is 4.74 Å². The van der Waals surface area contributed by atoms with Gasteiger partial charge in [-0.1, -0.05) is 0 Å². The highest BCUT2D eigenvalue weighted by Gasteiger charge is 2.09. The fraction of sp³-hybridized carbons (Fsp3) is 0.385. The topological polar surface area (TPSA) is 35.0 Å². The lowest BCUT2D eigenvalue weighted by atomic mass is 10.1. The molecule has 2 heterocycles. The van der Waals surface area contributed by atoms with Crippen molar-refractivity contribution >= 4 is 23.1 Å². The highest BCUT2D eigenvalue weighted by atomic mass is 32.2. The zero-order chi connectivity index (χ0) is 13.0. The third-order valence-electron chi connectivity index (χ3n) is 2.70. The largest absolute Gasteiger partial charge is 0.496 e. The highest BCUT2D eigenvalue weighted by molar-refractivity contribution is 7.97. The van der Waals surface area contributed by atoms with Crippen LogP contribution >= 0.6 is 23.1 Å². The number of thiazole rings is 1. The standard InChI is InChI=1S/C13H16N2OS2/c1-9-6-15-11(10(2)13(9)16-3)7-17-8-12-14-4-5-18-12/h4-6H,7-8H2,1-3H3. The van der Waals surface area contributed by atoms with Crippen LogP contribution in [-0.2, 0) is 11.5 Å². The van der Waals surface area contributed by atoms with Crippen LogP contribution in [0.25, 0.3) is 0 Å². The van der Waals surface area contributed by atoms with E-state index in [4.69, 9.17) is 4.74 Å². The van der Waals surface area contributed by atoms with Gasteiger partial charge in [-0.2, -0.15) is 0 Å². The molecule has 0 amide bonds. The third-order valence-corrected chi connectivity index (χ3v) is 4.62. The maximum absolute atomic E-state index is 5.41. The molecule has 96 valence electrons. The summed E-state index contributed by atoms with van der Waals surface area (Å²) in [7, 11) is 1.71. The molecule has 0 atom stereocenters. The molecule has 0 aliphatic rings. The second-order valence-corrected chi connectivity index (χ2v) is 5.93. The third kappa shape index (κ3) is 3.03. The van der Waals surface area contributed by atoms with E-state index < -0.39 is 0 Å². The number of hydrogen-bond donors (Lipinski definition) is 0. The summed E-state index contributed by atoms with van der Waals surface area (Å²) < 4.78 is 5.41. The molecule has 0 radical (unpaired) electrons. The summed E-state index contributed by atoms with van der Waals surface area (Å²) in [6.07, 6.45) is 3.73. The Bertz CT molecular complexity index is 512. The maximum atomic E-state index is 5.41. The van der Waals surface area contributed by atoms with E-state index in [0.717, 1.165) is 39.1 Å². The summed E-state index contributed by atoms with van der Waals surface area (Å²) in [6, 6.07) is 0. The number of ether oxygens (including phenoxy) is 1. The molecule has 0 saturated heterocycles. The molecule has 2 aromatic rings. The Balaban J connectivity index is 2.01. The van der Waals surface area contributed by atoms with Crippen LogP contribution in [-0.4, -0.2) is 17.1 Å². The van der Waals surface area contributed by atoms with Crippen LogP contribution in [0, 0.1) is 13.8 Å². The molecule has 0 aliphatic heterocycles. The predicted molar refractivity (Wildman–Crippen MR) is 77.4 cm³/mol. The highest BCUT2D eigenvalue weighted by Crippen LogP contribution is 2.27. The molecular weight excluding hydrogens is 264 g/mol. The molecule has 0 aliphatic carbocycles. The molecule has 0 bridgehead atoms. The van der Waals surface area contributed by atoms with Crippen molar-refractivity contribution in [3.05, 3.63) is 39.6 Å². The SMILES string of the molecule is COc1c(C)cnc(CSCc2nccs2)c1C. The molecular formula is C13H16N2OS2. The first-order chi connectivity index (χ1) is 8.72. The van der Waals surface area contributed by atoms with Crippen molar-refractivity contribution in [2.45, 2.75) is 25.4 Å². The molecule has 2 aromatic heterocycles. The average molecular weight is 280 g/mol. The zero-order valence-electron chi connectivity index (χ0n) is 10.8. The minimum absolute atomic E-state index is 0.891. The monoisotopic (exact) mass is 280 g/mol. The van der Waals surface area contributed by atoms with Gasteiger partial charge in [0.25, 0.3) is 0 Å². The van der Waals surface area contributed by atoms with Gasteiger partial charge in [-0.3, -0.25) is 4.98 Å². The van der Waals surface area contributed by atoms with E-state index >= 15 is 0 Å². The van der Waals surface area contributed by atoms with Gasteiger partial charge in [0.05, 0.1) is 12.8 Å². The zero-order valence-corrected chi connectivity index (χ0v) is 12.4. The summed E-state index contributed by atoms with van der Waals surface area (Å²) in [5, 5.41) is 3.17. The molecule has 0 spiro atoms. The lowest BCUT2D eigenvalue weighted by molar-refractivity contribution is 0.407. The van der Waals surface area contributed by atoms with Gasteiger partial charge in [-0.25, -0.2) is 4.98 Å². The van der Waals surface area contributed by atoms with Crippen LogP contribution < -0.4 is 4.74 Å². The Morgan fingerprint density at radius 3 is 2.78 bits per heavy atom. The Hall–Kier alpha value is -1.07. The Labute approximate surface area is 116 Å². The quantitative estimate of drug-likeness (QED) is 0.838. The first kappa shape index (κ1) is 13.4. The van der Waals surface area contributed by atoms with Crippen molar-refractivity contribution in [2.75, 3.05) is 7.11 Å². The minimum atomic E-state index is 0.891. The second-order valence-electron chi connectivity index (χ2n) is 3.96. The van der Waals surface area contributed by atoms with Crippen LogP contribution in [0.2, 0.25) is 0 Å². The van der Waals surface area contributed by atoms with Gasteiger partial charge in [0, 0.05) is 40.4 Å². The molecule has 0 aromatic carbocycles. The number of aryl methyl sites for hydroxylation is 1. The summed E-state index contributed by atoms with van der Waals surface area (Å²) in [6.45, 7) is 4.09. The number of nitrogens with zero attached hydrogens (tertiary/aromatic N) is 2. The Morgan fingerprint density at radius 1 is 1.28 bits per heavy atom. The van der Waals surface area contributed by atoms with Gasteiger partial charge in [0.15, 0.2) is 0 Å². The van der Waals surface area contributed by atoms with E-state index in [1.165, 1.54) is 0 Å². The number of pyridine rings is 1. The van der Waals surface area contributed by atoms with Gasteiger partial charge in [-0.05, 0) is 13.8 Å². The molecule has 0 unspecified atom stereocenters. The average Bonchev–Trinajstić information content (AvgIpc) is 2.86. The van der Waals surface area contributed by atoms with E-state index in [2.05, 4.69) is 16.9 Å². The molecule has 5 heteroatoms. The van der Waals surface area contributed by atoms with E-state index in [9.17, 15) is 0 Å². The summed E-state index contributed by atoms with van der Waals surface area (Å²) in [5.41, 5.74) is 3.33. The van der Waals surface area contributed by atoms with Crippen LogP contribution in [0.1, 0.15) is 21.8 Å².